The average Bonchev–Trinajstić information content (AvgIpc) is 3.41. The number of halogens is 1. The van der Waals surface area contributed by atoms with Crippen LogP contribution in [0.15, 0.2) is 66.2 Å². The number of carbonyl (C=O) groups is 2. The molecule has 0 fully saturated rings. The van der Waals surface area contributed by atoms with Crippen LogP contribution in [0, 0.1) is 0 Å². The third-order valence-electron chi connectivity index (χ3n) is 4.69. The lowest BCUT2D eigenvalue weighted by molar-refractivity contribution is -0.114. The molecule has 162 valence electrons. The van der Waals surface area contributed by atoms with Gasteiger partial charge in [0, 0.05) is 48.2 Å². The lowest BCUT2D eigenvalue weighted by Gasteiger charge is -2.15. The fraction of sp³-hybridized carbons (Fsp3) is 0.130. The maximum absolute atomic E-state index is 12.9. The number of para-hydroxylation sites is 1. The number of carbonyl (C=O) groups excluding carboxylic acids is 2. The molecule has 0 saturated heterocycles. The highest BCUT2D eigenvalue weighted by Crippen LogP contribution is 2.27. The normalized spacial score (nSPS) is 10.7. The van der Waals surface area contributed by atoms with Crippen LogP contribution in [0.5, 0.6) is 0 Å². The maximum Gasteiger partial charge on any atom is 0.273 e. The molecule has 7 nitrogen and oxygen atoms in total. The molecule has 9 heteroatoms. The van der Waals surface area contributed by atoms with Gasteiger partial charge in [0.1, 0.15) is 5.69 Å². The summed E-state index contributed by atoms with van der Waals surface area (Å²) in [5.74, 6) is -0.472. The molecule has 32 heavy (non-hydrogen) atoms. The zero-order valence-electron chi connectivity index (χ0n) is 17.4. The highest BCUT2D eigenvalue weighted by atomic mass is 35.5. The van der Waals surface area contributed by atoms with Gasteiger partial charge in [-0.25, -0.2) is 9.67 Å². The highest BCUT2D eigenvalue weighted by Gasteiger charge is 2.20. The van der Waals surface area contributed by atoms with Gasteiger partial charge >= 0.3 is 0 Å². The molecule has 0 bridgehead atoms. The van der Waals surface area contributed by atoms with E-state index in [0.29, 0.717) is 16.7 Å². The Morgan fingerprint density at radius 2 is 1.84 bits per heavy atom. The summed E-state index contributed by atoms with van der Waals surface area (Å²) in [5.41, 5.74) is 3.75. The lowest BCUT2D eigenvalue weighted by Crippen LogP contribution is -2.26. The average molecular weight is 466 g/mol. The smallest absolute Gasteiger partial charge is 0.273 e. The standard InChI is InChI=1S/C23H20ClN5O2S/c1-15(30)25-23-26-20(14-32-23)22(31)28(2)12-17-13-29(19-6-4-3-5-7-19)27-21(17)16-8-10-18(24)11-9-16/h3-11,13-14H,12H2,1-2H3,(H,25,26,30). The number of nitrogens with one attached hydrogen (secondary N) is 1. The Hall–Kier alpha value is -3.49. The van der Waals surface area contributed by atoms with Crippen molar-refractivity contribution in [3.05, 3.63) is 82.5 Å². The predicted molar refractivity (Wildman–Crippen MR) is 126 cm³/mol. The van der Waals surface area contributed by atoms with E-state index >= 15 is 0 Å². The third kappa shape index (κ3) is 4.87. The summed E-state index contributed by atoms with van der Waals surface area (Å²) >= 11 is 7.27. The number of hydrogen-bond acceptors (Lipinski definition) is 5. The number of nitrogens with zero attached hydrogens (tertiary/aromatic N) is 4. The molecular formula is C23H20ClN5O2S. The van der Waals surface area contributed by atoms with Gasteiger partial charge in [-0.3, -0.25) is 9.59 Å². The second-order valence-corrected chi connectivity index (χ2v) is 8.46. The van der Waals surface area contributed by atoms with Crippen LogP contribution < -0.4 is 5.32 Å². The number of anilines is 1. The summed E-state index contributed by atoms with van der Waals surface area (Å²) in [4.78, 5) is 30.0. The zero-order chi connectivity index (χ0) is 22.7. The van der Waals surface area contributed by atoms with E-state index in [9.17, 15) is 9.59 Å². The maximum atomic E-state index is 12.9. The Morgan fingerprint density at radius 3 is 2.53 bits per heavy atom. The summed E-state index contributed by atoms with van der Waals surface area (Å²) in [6, 6.07) is 17.2. The molecule has 0 radical (unpaired) electrons. The van der Waals surface area contributed by atoms with E-state index in [1.807, 2.05) is 60.8 Å². The van der Waals surface area contributed by atoms with Gasteiger partial charge in [-0.2, -0.15) is 5.10 Å². The van der Waals surface area contributed by atoms with Crippen molar-refractivity contribution in [1.82, 2.24) is 19.7 Å². The van der Waals surface area contributed by atoms with Crippen molar-refractivity contribution < 1.29 is 9.59 Å². The fourth-order valence-electron chi connectivity index (χ4n) is 3.19. The molecule has 0 atom stereocenters. The van der Waals surface area contributed by atoms with Gasteiger partial charge in [0.15, 0.2) is 5.13 Å². The fourth-order valence-corrected chi connectivity index (χ4v) is 4.05. The van der Waals surface area contributed by atoms with Crippen molar-refractivity contribution in [3.8, 4) is 16.9 Å². The predicted octanol–water partition coefficient (Wildman–Crippen LogP) is 4.88. The minimum Gasteiger partial charge on any atom is -0.336 e. The van der Waals surface area contributed by atoms with Crippen LogP contribution in [0.4, 0.5) is 5.13 Å². The second-order valence-electron chi connectivity index (χ2n) is 7.17. The number of aromatic nitrogens is 3. The van der Waals surface area contributed by atoms with Crippen molar-refractivity contribution in [2.24, 2.45) is 0 Å². The molecule has 4 aromatic rings. The van der Waals surface area contributed by atoms with Crippen LogP contribution >= 0.6 is 22.9 Å². The Balaban J connectivity index is 1.63. The molecule has 2 heterocycles. The molecule has 0 aliphatic heterocycles. The Kier molecular flexibility index (Phi) is 6.34. The van der Waals surface area contributed by atoms with Crippen molar-refractivity contribution in [3.63, 3.8) is 0 Å². The number of amides is 2. The first-order valence-electron chi connectivity index (χ1n) is 9.79. The molecule has 0 unspecified atom stereocenters. The van der Waals surface area contributed by atoms with Crippen LogP contribution in [0.3, 0.4) is 0 Å². The van der Waals surface area contributed by atoms with E-state index in [1.165, 1.54) is 18.3 Å². The van der Waals surface area contributed by atoms with Crippen LogP contribution in [-0.4, -0.2) is 38.5 Å². The molecular weight excluding hydrogens is 446 g/mol. The molecule has 2 aromatic heterocycles. The van der Waals surface area contributed by atoms with E-state index in [0.717, 1.165) is 22.5 Å². The first kappa shape index (κ1) is 21.7. The van der Waals surface area contributed by atoms with Gasteiger partial charge in [0.25, 0.3) is 5.91 Å². The van der Waals surface area contributed by atoms with E-state index in [2.05, 4.69) is 10.3 Å². The largest absolute Gasteiger partial charge is 0.336 e. The van der Waals surface area contributed by atoms with Gasteiger partial charge in [-0.05, 0) is 24.3 Å². The molecule has 4 rings (SSSR count). The number of benzene rings is 2. The minimum atomic E-state index is -0.243. The van der Waals surface area contributed by atoms with Crippen LogP contribution in [0.25, 0.3) is 16.9 Å². The first-order valence-corrected chi connectivity index (χ1v) is 11.0. The summed E-state index contributed by atoms with van der Waals surface area (Å²) in [7, 11) is 1.71. The van der Waals surface area contributed by atoms with Crippen LogP contribution in [0.1, 0.15) is 23.0 Å². The highest BCUT2D eigenvalue weighted by molar-refractivity contribution is 7.14. The molecule has 0 aliphatic carbocycles. The van der Waals surface area contributed by atoms with E-state index in [-0.39, 0.29) is 17.5 Å². The van der Waals surface area contributed by atoms with Gasteiger partial charge in [-0.1, -0.05) is 41.9 Å². The van der Waals surface area contributed by atoms with Gasteiger partial charge in [0.2, 0.25) is 5.91 Å². The summed E-state index contributed by atoms with van der Waals surface area (Å²) in [6.07, 6.45) is 1.92. The molecule has 0 aliphatic rings. The topological polar surface area (TPSA) is 80.1 Å². The Bertz CT molecular complexity index is 1250. The Morgan fingerprint density at radius 1 is 1.12 bits per heavy atom. The molecule has 2 amide bonds. The van der Waals surface area contributed by atoms with E-state index < -0.39 is 0 Å². The first-order chi connectivity index (χ1) is 15.4. The Labute approximate surface area is 194 Å². The molecule has 0 saturated carbocycles. The van der Waals surface area contributed by atoms with Crippen LogP contribution in [0.2, 0.25) is 5.02 Å². The number of thiazole rings is 1. The summed E-state index contributed by atoms with van der Waals surface area (Å²) in [5, 5.41) is 10.1. The lowest BCUT2D eigenvalue weighted by atomic mass is 10.1. The van der Waals surface area contributed by atoms with Crippen molar-refractivity contribution >= 4 is 39.9 Å². The summed E-state index contributed by atoms with van der Waals surface area (Å²) in [6.45, 7) is 1.73. The molecule has 1 N–H and O–H groups in total. The molecule has 2 aromatic carbocycles. The molecule has 0 spiro atoms. The number of rotatable bonds is 6. The summed E-state index contributed by atoms with van der Waals surface area (Å²) < 4.78 is 1.80. The van der Waals surface area contributed by atoms with Crippen molar-refractivity contribution in [2.45, 2.75) is 13.5 Å². The zero-order valence-corrected chi connectivity index (χ0v) is 19.0. The van der Waals surface area contributed by atoms with E-state index in [1.54, 1.807) is 22.0 Å². The second kappa shape index (κ2) is 9.33. The van der Waals surface area contributed by atoms with Gasteiger partial charge < -0.3 is 10.2 Å². The number of hydrogen-bond donors (Lipinski definition) is 1. The monoisotopic (exact) mass is 465 g/mol. The SMILES string of the molecule is CC(=O)Nc1nc(C(=O)N(C)Cc2cn(-c3ccccc3)nc2-c2ccc(Cl)cc2)cs1. The van der Waals surface area contributed by atoms with Crippen molar-refractivity contribution in [2.75, 3.05) is 12.4 Å². The minimum absolute atomic E-state index is 0.229. The van der Waals surface area contributed by atoms with Gasteiger partial charge in [0.05, 0.1) is 11.4 Å². The third-order valence-corrected chi connectivity index (χ3v) is 5.70. The van der Waals surface area contributed by atoms with Crippen LogP contribution in [-0.2, 0) is 11.3 Å². The quantitative estimate of drug-likeness (QED) is 0.440. The van der Waals surface area contributed by atoms with E-state index in [4.69, 9.17) is 16.7 Å². The van der Waals surface area contributed by atoms with Gasteiger partial charge in [-0.15, -0.1) is 11.3 Å². The van der Waals surface area contributed by atoms with Crippen molar-refractivity contribution in [1.29, 1.82) is 0 Å².